The number of hydrogen-bond acceptors (Lipinski definition) is 2. The lowest BCUT2D eigenvalue weighted by molar-refractivity contribution is 0.486. The van der Waals surface area contributed by atoms with Crippen LogP contribution in [-0.4, -0.2) is 6.04 Å². The molecule has 0 aliphatic carbocycles. The summed E-state index contributed by atoms with van der Waals surface area (Å²) in [6, 6.07) is 2.67. The highest BCUT2D eigenvalue weighted by molar-refractivity contribution is 7.10. The first-order chi connectivity index (χ1) is 6.26. The maximum absolute atomic E-state index is 5.83. The third-order valence-corrected chi connectivity index (χ3v) is 3.46. The van der Waals surface area contributed by atoms with Crippen LogP contribution in [0.2, 0.25) is 5.02 Å². The first-order valence-electron chi connectivity index (χ1n) is 4.72. The van der Waals surface area contributed by atoms with Crippen LogP contribution in [-0.2, 0) is 6.54 Å². The maximum Gasteiger partial charge on any atom is 0.0516 e. The summed E-state index contributed by atoms with van der Waals surface area (Å²) in [6.07, 6.45) is 2.38. The highest BCUT2D eigenvalue weighted by atomic mass is 35.5. The summed E-state index contributed by atoms with van der Waals surface area (Å²) in [7, 11) is 0. The number of nitrogens with one attached hydrogen (secondary N) is 1. The Hall–Kier alpha value is -0.0500. The van der Waals surface area contributed by atoms with Crippen molar-refractivity contribution in [2.24, 2.45) is 0 Å². The van der Waals surface area contributed by atoms with E-state index in [1.165, 1.54) is 17.7 Å². The fourth-order valence-corrected chi connectivity index (χ4v) is 2.29. The van der Waals surface area contributed by atoms with Crippen LogP contribution in [0.3, 0.4) is 0 Å². The molecule has 0 amide bonds. The molecule has 0 aliphatic rings. The molecule has 0 spiro atoms. The van der Waals surface area contributed by atoms with Gasteiger partial charge in [-0.25, -0.2) is 0 Å². The van der Waals surface area contributed by atoms with E-state index in [2.05, 4.69) is 19.2 Å². The van der Waals surface area contributed by atoms with Crippen LogP contribution in [0.25, 0.3) is 0 Å². The largest absolute Gasteiger partial charge is 0.309 e. The first-order valence-corrected chi connectivity index (χ1v) is 5.98. The Morgan fingerprint density at radius 2 is 2.15 bits per heavy atom. The SMILES string of the molecule is CCC(CC)NCc1cc(Cl)cs1. The van der Waals surface area contributed by atoms with E-state index in [1.54, 1.807) is 11.3 Å². The predicted octanol–water partition coefficient (Wildman–Crippen LogP) is 3.68. The molecule has 0 saturated heterocycles. The third kappa shape index (κ3) is 3.67. The van der Waals surface area contributed by atoms with Gasteiger partial charge in [0.05, 0.1) is 5.02 Å². The van der Waals surface area contributed by atoms with Gasteiger partial charge in [0.25, 0.3) is 0 Å². The van der Waals surface area contributed by atoms with Crippen LogP contribution in [0.4, 0.5) is 0 Å². The summed E-state index contributed by atoms with van der Waals surface area (Å²) in [4.78, 5) is 1.32. The minimum Gasteiger partial charge on any atom is -0.309 e. The topological polar surface area (TPSA) is 12.0 Å². The normalized spacial score (nSPS) is 11.1. The Kier molecular flexibility index (Phi) is 4.78. The van der Waals surface area contributed by atoms with E-state index >= 15 is 0 Å². The van der Waals surface area contributed by atoms with E-state index < -0.39 is 0 Å². The smallest absolute Gasteiger partial charge is 0.0516 e. The molecule has 1 heterocycles. The van der Waals surface area contributed by atoms with Gasteiger partial charge in [0, 0.05) is 22.8 Å². The second kappa shape index (κ2) is 5.63. The van der Waals surface area contributed by atoms with E-state index in [-0.39, 0.29) is 0 Å². The Balaban J connectivity index is 2.33. The Bertz CT molecular complexity index is 243. The van der Waals surface area contributed by atoms with Gasteiger partial charge in [0.1, 0.15) is 0 Å². The monoisotopic (exact) mass is 217 g/mol. The van der Waals surface area contributed by atoms with Crippen molar-refractivity contribution in [3.05, 3.63) is 21.3 Å². The lowest BCUT2D eigenvalue weighted by Gasteiger charge is -2.13. The van der Waals surface area contributed by atoms with E-state index in [0.29, 0.717) is 6.04 Å². The molecule has 3 heteroatoms. The molecule has 0 aromatic carbocycles. The van der Waals surface area contributed by atoms with Gasteiger partial charge in [0.2, 0.25) is 0 Å². The van der Waals surface area contributed by atoms with Crippen molar-refractivity contribution < 1.29 is 0 Å². The van der Waals surface area contributed by atoms with Gasteiger partial charge in [-0.1, -0.05) is 25.4 Å². The van der Waals surface area contributed by atoms with E-state index in [1.807, 2.05) is 11.4 Å². The summed E-state index contributed by atoms with van der Waals surface area (Å²) >= 11 is 7.54. The Morgan fingerprint density at radius 3 is 2.62 bits per heavy atom. The van der Waals surface area contributed by atoms with Gasteiger partial charge in [-0.15, -0.1) is 11.3 Å². The van der Waals surface area contributed by atoms with Crippen LogP contribution in [0.5, 0.6) is 0 Å². The van der Waals surface area contributed by atoms with Crippen molar-refractivity contribution >= 4 is 22.9 Å². The second-order valence-corrected chi connectivity index (χ2v) is 4.56. The fraction of sp³-hybridized carbons (Fsp3) is 0.600. The van der Waals surface area contributed by atoms with Crippen LogP contribution >= 0.6 is 22.9 Å². The molecular weight excluding hydrogens is 202 g/mol. The Morgan fingerprint density at radius 1 is 1.46 bits per heavy atom. The lowest BCUT2D eigenvalue weighted by Crippen LogP contribution is -2.26. The van der Waals surface area contributed by atoms with Gasteiger partial charge in [-0.05, 0) is 18.9 Å². The minimum atomic E-state index is 0.640. The molecule has 1 aromatic rings. The van der Waals surface area contributed by atoms with Gasteiger partial charge in [-0.2, -0.15) is 0 Å². The van der Waals surface area contributed by atoms with Crippen LogP contribution < -0.4 is 5.32 Å². The Labute approximate surface area is 89.1 Å². The molecule has 0 aliphatic heterocycles. The van der Waals surface area contributed by atoms with Crippen molar-refractivity contribution in [1.82, 2.24) is 5.32 Å². The summed E-state index contributed by atoms with van der Waals surface area (Å²) in [5.74, 6) is 0. The zero-order chi connectivity index (χ0) is 9.68. The number of thiophene rings is 1. The molecule has 1 rings (SSSR count). The van der Waals surface area contributed by atoms with Crippen LogP contribution in [0.1, 0.15) is 31.6 Å². The van der Waals surface area contributed by atoms with Crippen molar-refractivity contribution in [2.45, 2.75) is 39.3 Å². The van der Waals surface area contributed by atoms with Crippen molar-refractivity contribution in [2.75, 3.05) is 0 Å². The maximum atomic E-state index is 5.83. The number of hydrogen-bond donors (Lipinski definition) is 1. The summed E-state index contributed by atoms with van der Waals surface area (Å²) in [5.41, 5.74) is 0. The summed E-state index contributed by atoms with van der Waals surface area (Å²) in [6.45, 7) is 5.37. The summed E-state index contributed by atoms with van der Waals surface area (Å²) in [5, 5.41) is 6.33. The molecule has 74 valence electrons. The zero-order valence-electron chi connectivity index (χ0n) is 8.14. The standard InChI is InChI=1S/C10H16ClNS/c1-3-9(4-2)12-6-10-5-8(11)7-13-10/h5,7,9,12H,3-4,6H2,1-2H3. The average Bonchev–Trinajstić information content (AvgIpc) is 2.53. The van der Waals surface area contributed by atoms with Gasteiger partial charge >= 0.3 is 0 Å². The molecule has 0 unspecified atom stereocenters. The highest BCUT2D eigenvalue weighted by Gasteiger charge is 2.03. The quantitative estimate of drug-likeness (QED) is 0.794. The summed E-state index contributed by atoms with van der Waals surface area (Å²) < 4.78 is 0. The van der Waals surface area contributed by atoms with E-state index in [9.17, 15) is 0 Å². The van der Waals surface area contributed by atoms with Crippen LogP contribution in [0.15, 0.2) is 11.4 Å². The number of rotatable bonds is 5. The highest BCUT2D eigenvalue weighted by Crippen LogP contribution is 2.18. The van der Waals surface area contributed by atoms with E-state index in [4.69, 9.17) is 11.6 Å². The van der Waals surface area contributed by atoms with Crippen molar-refractivity contribution in [3.63, 3.8) is 0 Å². The molecule has 0 atom stereocenters. The second-order valence-electron chi connectivity index (χ2n) is 3.13. The van der Waals surface area contributed by atoms with Crippen LogP contribution in [0, 0.1) is 0 Å². The van der Waals surface area contributed by atoms with Gasteiger partial charge in [-0.3, -0.25) is 0 Å². The third-order valence-electron chi connectivity index (χ3n) is 2.17. The molecule has 0 saturated carbocycles. The molecule has 0 bridgehead atoms. The lowest BCUT2D eigenvalue weighted by atomic mass is 10.2. The average molecular weight is 218 g/mol. The van der Waals surface area contributed by atoms with Gasteiger partial charge in [0.15, 0.2) is 0 Å². The van der Waals surface area contributed by atoms with Gasteiger partial charge < -0.3 is 5.32 Å². The fourth-order valence-electron chi connectivity index (χ4n) is 1.27. The first kappa shape index (κ1) is 11.0. The molecule has 1 aromatic heterocycles. The van der Waals surface area contributed by atoms with Crippen molar-refractivity contribution in [3.8, 4) is 0 Å². The molecule has 1 N–H and O–H groups in total. The zero-order valence-corrected chi connectivity index (χ0v) is 9.71. The molecule has 0 fully saturated rings. The molecule has 13 heavy (non-hydrogen) atoms. The number of halogens is 1. The molecule has 0 radical (unpaired) electrons. The van der Waals surface area contributed by atoms with E-state index in [0.717, 1.165) is 11.6 Å². The van der Waals surface area contributed by atoms with Crippen molar-refractivity contribution in [1.29, 1.82) is 0 Å². The predicted molar refractivity (Wildman–Crippen MR) is 60.5 cm³/mol. The minimum absolute atomic E-state index is 0.640. The molecule has 1 nitrogen and oxygen atoms in total. The molecular formula is C10H16ClNS.